The molecule has 0 heterocycles. The van der Waals surface area contributed by atoms with Crippen molar-refractivity contribution in [1.29, 1.82) is 0 Å². The van der Waals surface area contributed by atoms with Crippen LogP contribution in [0.3, 0.4) is 0 Å². The lowest BCUT2D eigenvalue weighted by molar-refractivity contribution is 0.150. The summed E-state index contributed by atoms with van der Waals surface area (Å²) in [6.45, 7) is 0. The van der Waals surface area contributed by atoms with Crippen LogP contribution in [0, 0.1) is 0 Å². The van der Waals surface area contributed by atoms with E-state index in [1.165, 1.54) is 6.07 Å². The molecule has 0 aromatic heterocycles. The van der Waals surface area contributed by atoms with Crippen molar-refractivity contribution >= 4 is 27.5 Å². The minimum absolute atomic E-state index is 0.0116. The lowest BCUT2D eigenvalue weighted by Gasteiger charge is -2.09. The average molecular weight is 318 g/mol. The molecule has 4 heteroatoms. The van der Waals surface area contributed by atoms with E-state index in [0.717, 1.165) is 5.56 Å². The van der Waals surface area contributed by atoms with Gasteiger partial charge in [-0.05, 0) is 39.2 Å². The number of hydrogen-bond acceptors (Lipinski definition) is 0. The molecule has 88 valence electrons. The molecular formula is C13H8BrClF2. The molecule has 0 N–H and O–H groups in total. The Hall–Kier alpha value is -0.930. The van der Waals surface area contributed by atoms with Crippen LogP contribution in [-0.4, -0.2) is 0 Å². The number of rotatable bonds is 2. The van der Waals surface area contributed by atoms with E-state index in [1.807, 2.05) is 6.07 Å². The molecule has 0 amide bonds. The molecule has 0 aliphatic rings. The predicted molar refractivity (Wildman–Crippen MR) is 69.5 cm³/mol. The van der Waals surface area contributed by atoms with Crippen LogP contribution in [0.1, 0.15) is 12.0 Å². The van der Waals surface area contributed by atoms with Gasteiger partial charge >= 0.3 is 0 Å². The van der Waals surface area contributed by atoms with E-state index in [4.69, 9.17) is 11.6 Å². The molecule has 0 nitrogen and oxygen atoms in total. The number of alkyl halides is 2. The van der Waals surface area contributed by atoms with Crippen molar-refractivity contribution < 1.29 is 8.78 Å². The van der Waals surface area contributed by atoms with Gasteiger partial charge in [-0.15, -0.1) is 0 Å². The Morgan fingerprint density at radius 2 is 1.76 bits per heavy atom. The second kappa shape index (κ2) is 5.15. The van der Waals surface area contributed by atoms with Crippen molar-refractivity contribution in [3.8, 4) is 11.1 Å². The minimum Gasteiger partial charge on any atom is -0.205 e. The largest absolute Gasteiger partial charge is 0.264 e. The summed E-state index contributed by atoms with van der Waals surface area (Å²) in [5.74, 6) is 0. The molecule has 0 unspecified atom stereocenters. The summed E-state index contributed by atoms with van der Waals surface area (Å²) in [5, 5.41) is 0.580. The molecule has 2 rings (SSSR count). The van der Waals surface area contributed by atoms with Gasteiger partial charge in [0.15, 0.2) is 0 Å². The molecule has 2 aromatic carbocycles. The Bertz CT molecular complexity index is 541. The molecule has 0 bridgehead atoms. The van der Waals surface area contributed by atoms with E-state index in [2.05, 4.69) is 15.9 Å². The van der Waals surface area contributed by atoms with Crippen LogP contribution in [0.15, 0.2) is 46.9 Å². The first-order valence-electron chi connectivity index (χ1n) is 4.92. The molecular weight excluding hydrogens is 309 g/mol. The Morgan fingerprint density at radius 3 is 2.41 bits per heavy atom. The molecule has 0 saturated carbocycles. The Morgan fingerprint density at radius 1 is 1.06 bits per heavy atom. The molecule has 0 fully saturated rings. The predicted octanol–water partition coefficient (Wildman–Crippen LogP) is 5.71. The highest BCUT2D eigenvalue weighted by atomic mass is 79.9. The smallest absolute Gasteiger partial charge is 0.205 e. The summed E-state index contributed by atoms with van der Waals surface area (Å²) >= 11 is 9.11. The van der Waals surface area contributed by atoms with Crippen LogP contribution in [0.25, 0.3) is 11.1 Å². The monoisotopic (exact) mass is 316 g/mol. The van der Waals surface area contributed by atoms with Gasteiger partial charge in [-0.25, -0.2) is 8.78 Å². The fourth-order valence-electron chi connectivity index (χ4n) is 1.60. The maximum Gasteiger partial charge on any atom is 0.264 e. The quantitative estimate of drug-likeness (QED) is 0.666. The van der Waals surface area contributed by atoms with Gasteiger partial charge in [0, 0.05) is 15.1 Å². The second-order valence-corrected chi connectivity index (χ2v) is 4.75. The average Bonchev–Trinajstić information content (AvgIpc) is 2.29. The van der Waals surface area contributed by atoms with Crippen LogP contribution in [0.2, 0.25) is 5.02 Å². The standard InChI is InChI=1S/C13H8BrClF2/c14-12-10(5-2-6-11(12)13(16)17)8-3-1-4-9(15)7-8/h1-7,13H. The third kappa shape index (κ3) is 2.67. The van der Waals surface area contributed by atoms with E-state index < -0.39 is 6.43 Å². The van der Waals surface area contributed by atoms with Gasteiger partial charge in [-0.1, -0.05) is 41.9 Å². The summed E-state index contributed by atoms with van der Waals surface area (Å²) in [6, 6.07) is 11.9. The summed E-state index contributed by atoms with van der Waals surface area (Å²) in [5.41, 5.74) is 1.51. The van der Waals surface area contributed by atoms with Crippen LogP contribution < -0.4 is 0 Å². The molecule has 0 aliphatic heterocycles. The Labute approximate surface area is 111 Å². The third-order valence-corrected chi connectivity index (χ3v) is 3.52. The van der Waals surface area contributed by atoms with Gasteiger partial charge in [0.1, 0.15) is 0 Å². The normalized spacial score (nSPS) is 10.9. The van der Waals surface area contributed by atoms with Crippen LogP contribution in [0.4, 0.5) is 8.78 Å². The van der Waals surface area contributed by atoms with E-state index in [1.54, 1.807) is 30.3 Å². The van der Waals surface area contributed by atoms with Gasteiger partial charge in [0.25, 0.3) is 6.43 Å². The highest BCUT2D eigenvalue weighted by Gasteiger charge is 2.14. The number of benzene rings is 2. The van der Waals surface area contributed by atoms with Crippen molar-refractivity contribution in [3.63, 3.8) is 0 Å². The van der Waals surface area contributed by atoms with Gasteiger partial charge < -0.3 is 0 Å². The fraction of sp³-hybridized carbons (Fsp3) is 0.0769. The molecule has 2 aromatic rings. The molecule has 0 spiro atoms. The number of hydrogen-bond donors (Lipinski definition) is 0. The van der Waals surface area contributed by atoms with Crippen LogP contribution >= 0.6 is 27.5 Å². The maximum absolute atomic E-state index is 12.7. The van der Waals surface area contributed by atoms with E-state index in [-0.39, 0.29) is 5.56 Å². The molecule has 17 heavy (non-hydrogen) atoms. The SMILES string of the molecule is FC(F)c1cccc(-c2cccc(Cl)c2)c1Br. The number of halogens is 4. The van der Waals surface area contributed by atoms with E-state index >= 15 is 0 Å². The second-order valence-electron chi connectivity index (χ2n) is 3.52. The van der Waals surface area contributed by atoms with E-state index in [0.29, 0.717) is 15.1 Å². The summed E-state index contributed by atoms with van der Waals surface area (Å²) in [6.07, 6.45) is -2.50. The van der Waals surface area contributed by atoms with Crippen LogP contribution in [-0.2, 0) is 0 Å². The summed E-state index contributed by atoms with van der Waals surface area (Å²) in [4.78, 5) is 0. The first-order chi connectivity index (χ1) is 8.09. The van der Waals surface area contributed by atoms with Crippen LogP contribution in [0.5, 0.6) is 0 Å². The highest BCUT2D eigenvalue weighted by molar-refractivity contribution is 9.10. The maximum atomic E-state index is 12.7. The summed E-state index contributed by atoms with van der Waals surface area (Å²) in [7, 11) is 0. The third-order valence-electron chi connectivity index (χ3n) is 2.40. The van der Waals surface area contributed by atoms with Crippen molar-refractivity contribution in [3.05, 3.63) is 57.5 Å². The van der Waals surface area contributed by atoms with E-state index in [9.17, 15) is 8.78 Å². The minimum atomic E-state index is -2.50. The Kier molecular flexibility index (Phi) is 3.79. The van der Waals surface area contributed by atoms with Crippen molar-refractivity contribution in [2.45, 2.75) is 6.43 Å². The zero-order valence-corrected chi connectivity index (χ0v) is 11.0. The van der Waals surface area contributed by atoms with Gasteiger partial charge in [0.05, 0.1) is 0 Å². The van der Waals surface area contributed by atoms with Crippen molar-refractivity contribution in [2.24, 2.45) is 0 Å². The first kappa shape index (κ1) is 12.5. The van der Waals surface area contributed by atoms with Gasteiger partial charge in [0.2, 0.25) is 0 Å². The fourth-order valence-corrected chi connectivity index (χ4v) is 2.45. The van der Waals surface area contributed by atoms with Gasteiger partial charge in [-0.2, -0.15) is 0 Å². The van der Waals surface area contributed by atoms with Crippen molar-refractivity contribution in [2.75, 3.05) is 0 Å². The Balaban J connectivity index is 2.57. The first-order valence-corrected chi connectivity index (χ1v) is 6.09. The highest BCUT2D eigenvalue weighted by Crippen LogP contribution is 2.36. The molecule has 0 aliphatic carbocycles. The lowest BCUT2D eigenvalue weighted by Crippen LogP contribution is -1.89. The molecule has 0 atom stereocenters. The summed E-state index contributed by atoms with van der Waals surface area (Å²) < 4.78 is 25.9. The van der Waals surface area contributed by atoms with Crippen molar-refractivity contribution in [1.82, 2.24) is 0 Å². The lowest BCUT2D eigenvalue weighted by atomic mass is 10.0. The van der Waals surface area contributed by atoms with Gasteiger partial charge in [-0.3, -0.25) is 0 Å². The topological polar surface area (TPSA) is 0 Å². The molecule has 0 saturated heterocycles. The zero-order valence-electron chi connectivity index (χ0n) is 8.63. The zero-order chi connectivity index (χ0) is 12.4. The molecule has 0 radical (unpaired) electrons.